The van der Waals surface area contributed by atoms with E-state index in [1.807, 2.05) is 19.3 Å². The zero-order valence-electron chi connectivity index (χ0n) is 11.3. The van der Waals surface area contributed by atoms with Crippen molar-refractivity contribution in [2.75, 3.05) is 33.7 Å². The fraction of sp³-hybridized carbons (Fsp3) is 0.643. The second-order valence-electron chi connectivity index (χ2n) is 4.67. The van der Waals surface area contributed by atoms with Crippen molar-refractivity contribution in [2.45, 2.75) is 19.8 Å². The molecule has 17 heavy (non-hydrogen) atoms. The lowest BCUT2D eigenvalue weighted by Gasteiger charge is -2.22. The van der Waals surface area contributed by atoms with Gasteiger partial charge < -0.3 is 10.2 Å². The molecule has 96 valence electrons. The Bertz CT molecular complexity index is 287. The van der Waals surface area contributed by atoms with Crippen LogP contribution in [-0.2, 0) is 6.42 Å². The highest BCUT2D eigenvalue weighted by Crippen LogP contribution is 2.04. The molecule has 1 aromatic rings. The average Bonchev–Trinajstić information content (AvgIpc) is 2.37. The zero-order chi connectivity index (χ0) is 12.5. The van der Waals surface area contributed by atoms with Crippen molar-refractivity contribution in [3.63, 3.8) is 0 Å². The molecule has 1 heterocycles. The number of nitrogens with zero attached hydrogens (tertiary/aromatic N) is 2. The molecule has 1 aromatic heterocycles. The molecular weight excluding hydrogens is 210 g/mol. The molecule has 0 aliphatic carbocycles. The molecule has 0 bridgehead atoms. The van der Waals surface area contributed by atoms with Crippen LogP contribution in [0.4, 0.5) is 0 Å². The average molecular weight is 235 g/mol. The van der Waals surface area contributed by atoms with Crippen LogP contribution in [0.3, 0.4) is 0 Å². The van der Waals surface area contributed by atoms with Crippen molar-refractivity contribution in [2.24, 2.45) is 5.92 Å². The fourth-order valence-corrected chi connectivity index (χ4v) is 2.01. The summed E-state index contributed by atoms with van der Waals surface area (Å²) in [4.78, 5) is 6.75. The van der Waals surface area contributed by atoms with Crippen LogP contribution in [0.15, 0.2) is 24.4 Å². The summed E-state index contributed by atoms with van der Waals surface area (Å²) in [5.41, 5.74) is 1.18. The van der Waals surface area contributed by atoms with Gasteiger partial charge in [-0.1, -0.05) is 19.4 Å². The Labute approximate surface area is 105 Å². The summed E-state index contributed by atoms with van der Waals surface area (Å²) in [6.07, 6.45) is 4.13. The lowest BCUT2D eigenvalue weighted by Crippen LogP contribution is -2.32. The second kappa shape index (κ2) is 8.20. The van der Waals surface area contributed by atoms with Crippen molar-refractivity contribution < 1.29 is 0 Å². The summed E-state index contributed by atoms with van der Waals surface area (Å²) in [5.74, 6) is 0.744. The van der Waals surface area contributed by atoms with Gasteiger partial charge in [0.25, 0.3) is 0 Å². The fourth-order valence-electron chi connectivity index (χ4n) is 2.01. The summed E-state index contributed by atoms with van der Waals surface area (Å²) in [7, 11) is 4.22. The summed E-state index contributed by atoms with van der Waals surface area (Å²) < 4.78 is 0. The molecule has 1 atom stereocenters. The van der Waals surface area contributed by atoms with E-state index in [0.717, 1.165) is 32.0 Å². The third-order valence-electron chi connectivity index (χ3n) is 3.12. The predicted molar refractivity (Wildman–Crippen MR) is 73.1 cm³/mol. The SMILES string of the molecule is CCC(CNC)CN(C)CCc1ccccn1. The Morgan fingerprint density at radius 2 is 2.24 bits per heavy atom. The maximum Gasteiger partial charge on any atom is 0.0416 e. The highest BCUT2D eigenvalue weighted by molar-refractivity contribution is 5.03. The first-order valence-corrected chi connectivity index (χ1v) is 6.49. The Morgan fingerprint density at radius 3 is 2.82 bits per heavy atom. The van der Waals surface area contributed by atoms with Crippen molar-refractivity contribution >= 4 is 0 Å². The van der Waals surface area contributed by atoms with E-state index in [1.54, 1.807) is 0 Å². The lowest BCUT2D eigenvalue weighted by atomic mass is 10.1. The summed E-state index contributed by atoms with van der Waals surface area (Å²) >= 11 is 0. The molecule has 3 heteroatoms. The maximum absolute atomic E-state index is 4.35. The van der Waals surface area contributed by atoms with Crippen LogP contribution in [0.2, 0.25) is 0 Å². The first kappa shape index (κ1) is 14.1. The molecule has 0 amide bonds. The Hall–Kier alpha value is -0.930. The molecule has 0 fully saturated rings. The van der Waals surface area contributed by atoms with E-state index in [2.05, 4.69) is 41.3 Å². The van der Waals surface area contributed by atoms with Gasteiger partial charge in [-0.25, -0.2) is 0 Å². The molecular formula is C14H25N3. The second-order valence-corrected chi connectivity index (χ2v) is 4.67. The van der Waals surface area contributed by atoms with Gasteiger partial charge in [0, 0.05) is 31.4 Å². The number of hydrogen-bond donors (Lipinski definition) is 1. The largest absolute Gasteiger partial charge is 0.319 e. The van der Waals surface area contributed by atoms with E-state index in [0.29, 0.717) is 0 Å². The minimum atomic E-state index is 0.744. The zero-order valence-corrected chi connectivity index (χ0v) is 11.3. The molecule has 0 aliphatic rings. The first-order chi connectivity index (χ1) is 8.26. The Kier molecular flexibility index (Phi) is 6.82. The first-order valence-electron chi connectivity index (χ1n) is 6.49. The van der Waals surface area contributed by atoms with Crippen molar-refractivity contribution in [1.29, 1.82) is 0 Å². The molecule has 3 nitrogen and oxygen atoms in total. The molecule has 0 aliphatic heterocycles. The standard InChI is InChI=1S/C14H25N3/c1-4-13(11-15-2)12-17(3)10-8-14-7-5-6-9-16-14/h5-7,9,13,15H,4,8,10-12H2,1-3H3. The smallest absolute Gasteiger partial charge is 0.0416 e. The summed E-state index contributed by atoms with van der Waals surface area (Å²) in [6, 6.07) is 6.12. The van der Waals surface area contributed by atoms with Crippen molar-refractivity contribution in [3.05, 3.63) is 30.1 Å². The molecule has 0 saturated carbocycles. The van der Waals surface area contributed by atoms with Gasteiger partial charge in [-0.15, -0.1) is 0 Å². The molecule has 0 radical (unpaired) electrons. The van der Waals surface area contributed by atoms with Crippen LogP contribution in [0.1, 0.15) is 19.0 Å². The number of rotatable bonds is 8. The van der Waals surface area contributed by atoms with Crippen LogP contribution in [0, 0.1) is 5.92 Å². The predicted octanol–water partition coefficient (Wildman–Crippen LogP) is 1.80. The topological polar surface area (TPSA) is 28.2 Å². The highest BCUT2D eigenvalue weighted by atomic mass is 15.1. The monoisotopic (exact) mass is 235 g/mol. The number of aromatic nitrogens is 1. The maximum atomic E-state index is 4.35. The van der Waals surface area contributed by atoms with Crippen LogP contribution < -0.4 is 5.32 Å². The Balaban J connectivity index is 2.27. The van der Waals surface area contributed by atoms with Gasteiger partial charge in [-0.05, 0) is 38.7 Å². The van der Waals surface area contributed by atoms with E-state index in [-0.39, 0.29) is 0 Å². The molecule has 0 spiro atoms. The van der Waals surface area contributed by atoms with Gasteiger partial charge in [-0.2, -0.15) is 0 Å². The van der Waals surface area contributed by atoms with Crippen LogP contribution >= 0.6 is 0 Å². The highest BCUT2D eigenvalue weighted by Gasteiger charge is 2.08. The lowest BCUT2D eigenvalue weighted by molar-refractivity contribution is 0.270. The minimum Gasteiger partial charge on any atom is -0.319 e. The molecule has 1 rings (SSSR count). The van der Waals surface area contributed by atoms with Crippen LogP contribution in [0.25, 0.3) is 0 Å². The normalized spacial score (nSPS) is 12.9. The van der Waals surface area contributed by atoms with Gasteiger partial charge in [-0.3, -0.25) is 4.98 Å². The van der Waals surface area contributed by atoms with Crippen molar-refractivity contribution in [3.8, 4) is 0 Å². The number of nitrogens with one attached hydrogen (secondary N) is 1. The van der Waals surface area contributed by atoms with Gasteiger partial charge in [0.2, 0.25) is 0 Å². The number of likely N-dealkylation sites (N-methyl/N-ethyl adjacent to an activating group) is 1. The number of hydrogen-bond acceptors (Lipinski definition) is 3. The third-order valence-corrected chi connectivity index (χ3v) is 3.12. The van der Waals surface area contributed by atoms with E-state index in [1.165, 1.54) is 12.1 Å². The summed E-state index contributed by atoms with van der Waals surface area (Å²) in [5, 5.41) is 3.26. The molecule has 0 aromatic carbocycles. The Morgan fingerprint density at radius 1 is 1.41 bits per heavy atom. The summed E-state index contributed by atoms with van der Waals surface area (Å²) in [6.45, 7) is 5.60. The minimum absolute atomic E-state index is 0.744. The molecule has 1 N–H and O–H groups in total. The van der Waals surface area contributed by atoms with Gasteiger partial charge >= 0.3 is 0 Å². The molecule has 1 unspecified atom stereocenters. The third kappa shape index (κ3) is 5.80. The van der Waals surface area contributed by atoms with E-state index >= 15 is 0 Å². The van der Waals surface area contributed by atoms with Gasteiger partial charge in [0.05, 0.1) is 0 Å². The molecule has 0 saturated heterocycles. The van der Waals surface area contributed by atoms with Gasteiger partial charge in [0.1, 0.15) is 0 Å². The van der Waals surface area contributed by atoms with Gasteiger partial charge in [0.15, 0.2) is 0 Å². The van der Waals surface area contributed by atoms with Crippen LogP contribution in [0.5, 0.6) is 0 Å². The van der Waals surface area contributed by atoms with E-state index in [4.69, 9.17) is 0 Å². The van der Waals surface area contributed by atoms with Crippen molar-refractivity contribution in [1.82, 2.24) is 15.2 Å². The van der Waals surface area contributed by atoms with E-state index < -0.39 is 0 Å². The van der Waals surface area contributed by atoms with Crippen LogP contribution in [-0.4, -0.2) is 43.6 Å². The number of pyridine rings is 1. The quantitative estimate of drug-likeness (QED) is 0.745. The van der Waals surface area contributed by atoms with E-state index in [9.17, 15) is 0 Å².